The van der Waals surface area contributed by atoms with Gasteiger partial charge in [-0.2, -0.15) is 0 Å². The minimum Gasteiger partial charge on any atom is -0.756 e. The average Bonchev–Trinajstić information content (AvgIpc) is 2.78. The lowest BCUT2D eigenvalue weighted by Crippen LogP contribution is -2.37. The fraction of sp³-hybridized carbons (Fsp3) is 0.828. The maximum absolute atomic E-state index is 12.6. The number of quaternary nitrogens is 1. The van der Waals surface area contributed by atoms with Gasteiger partial charge in [0, 0.05) is 6.42 Å². The van der Waals surface area contributed by atoms with Crippen LogP contribution in [0.3, 0.4) is 0 Å². The van der Waals surface area contributed by atoms with Crippen molar-refractivity contribution in [2.45, 2.75) is 122 Å². The van der Waals surface area contributed by atoms with Gasteiger partial charge >= 0.3 is 5.97 Å². The number of carbonyl (C=O) groups excluding carboxylic acids is 1. The van der Waals surface area contributed by atoms with Crippen molar-refractivity contribution in [3.05, 3.63) is 24.3 Å². The van der Waals surface area contributed by atoms with Gasteiger partial charge in [0.25, 0.3) is 7.82 Å². The summed E-state index contributed by atoms with van der Waals surface area (Å²) in [4.78, 5) is 25.0. The van der Waals surface area contributed by atoms with Gasteiger partial charge in [-0.25, -0.2) is 0 Å². The molecule has 0 amide bonds. The summed E-state index contributed by atoms with van der Waals surface area (Å²) in [5, 5.41) is 0. The van der Waals surface area contributed by atoms with Crippen LogP contribution in [0.15, 0.2) is 24.3 Å². The number of likely N-dealkylation sites (N-methyl/N-ethyl adjacent to an activating group) is 1. The number of nitrogens with zero attached hydrogens (tertiary/aromatic N) is 1. The number of hydrogen-bond acceptors (Lipinski definition) is 6. The summed E-state index contributed by atoms with van der Waals surface area (Å²) in [7, 11) is 1.37. The van der Waals surface area contributed by atoms with E-state index in [4.69, 9.17) is 13.8 Å². The average molecular weight is 544 g/mol. The molecule has 0 saturated carbocycles. The van der Waals surface area contributed by atoms with Gasteiger partial charge in [-0.1, -0.05) is 82.1 Å². The second-order valence-electron chi connectivity index (χ2n) is 11.4. The highest BCUT2D eigenvalue weighted by atomic mass is 31.2. The fourth-order valence-corrected chi connectivity index (χ4v) is 5.13. The maximum atomic E-state index is 12.6. The van der Waals surface area contributed by atoms with Crippen molar-refractivity contribution in [3.63, 3.8) is 0 Å². The highest BCUT2D eigenvalue weighted by Gasteiger charge is 2.23. The standard InChI is InChI=1S/C29H54NO6P/c1-27-22-20-18-16-14-12-10-8-6-5-7-9-11-13-15-17-19-21-23-28(26-29(31)35-27)36-37(32,33)34-25-24-30(2,3)4/h10,12,18,20,27-28H,5-9,11,13-17,19,21-26H2,1-4H3/b12-10+,20-18-. The van der Waals surface area contributed by atoms with Crippen LogP contribution in [0.2, 0.25) is 0 Å². The van der Waals surface area contributed by atoms with E-state index in [1.54, 1.807) is 0 Å². The predicted molar refractivity (Wildman–Crippen MR) is 149 cm³/mol. The third-order valence-electron chi connectivity index (χ3n) is 6.46. The van der Waals surface area contributed by atoms with Crippen LogP contribution < -0.4 is 4.89 Å². The van der Waals surface area contributed by atoms with Gasteiger partial charge in [0.2, 0.25) is 0 Å². The molecule has 0 spiro atoms. The second-order valence-corrected chi connectivity index (χ2v) is 12.8. The largest absolute Gasteiger partial charge is 0.756 e. The van der Waals surface area contributed by atoms with Crippen molar-refractivity contribution >= 4 is 13.8 Å². The van der Waals surface area contributed by atoms with Crippen molar-refractivity contribution in [3.8, 4) is 0 Å². The van der Waals surface area contributed by atoms with Crippen LogP contribution in [0.5, 0.6) is 0 Å². The van der Waals surface area contributed by atoms with Gasteiger partial charge in [0.1, 0.15) is 19.3 Å². The number of phosphoric ester groups is 1. The molecule has 0 bridgehead atoms. The lowest BCUT2D eigenvalue weighted by molar-refractivity contribution is -0.870. The first kappa shape index (κ1) is 34.0. The summed E-state index contributed by atoms with van der Waals surface area (Å²) in [6.45, 7) is 2.43. The number of cyclic esters (lactones) is 1. The normalized spacial score (nSPS) is 26.8. The van der Waals surface area contributed by atoms with Gasteiger partial charge < -0.3 is 23.2 Å². The first-order chi connectivity index (χ1) is 17.6. The maximum Gasteiger partial charge on any atom is 0.308 e. The van der Waals surface area contributed by atoms with Crippen LogP contribution in [-0.2, 0) is 23.1 Å². The van der Waals surface area contributed by atoms with E-state index in [2.05, 4.69) is 18.2 Å². The molecule has 216 valence electrons. The van der Waals surface area contributed by atoms with Crippen LogP contribution in [-0.4, -0.2) is 57.0 Å². The minimum atomic E-state index is -4.51. The molecule has 1 rings (SSSR count). The molecular formula is C29H54NO6P. The van der Waals surface area contributed by atoms with Crippen LogP contribution in [0, 0.1) is 0 Å². The SMILES string of the molecule is CC1C/C=C\CC/C=C/CCCCCCCCCCCCC(OP(=O)([O-])OCC[N+](C)(C)C)CC(=O)O1. The summed E-state index contributed by atoms with van der Waals surface area (Å²) in [5.74, 6) is -0.436. The van der Waals surface area contributed by atoms with Crippen LogP contribution in [0.1, 0.15) is 110 Å². The smallest absolute Gasteiger partial charge is 0.308 e. The molecule has 1 aliphatic rings. The third-order valence-corrected chi connectivity index (χ3v) is 7.52. The monoisotopic (exact) mass is 543 g/mol. The summed E-state index contributed by atoms with van der Waals surface area (Å²) in [6, 6.07) is 0. The number of allylic oxidation sites excluding steroid dienone is 3. The summed E-state index contributed by atoms with van der Waals surface area (Å²) >= 11 is 0. The molecule has 0 aromatic heterocycles. The van der Waals surface area contributed by atoms with E-state index in [-0.39, 0.29) is 19.1 Å². The van der Waals surface area contributed by atoms with E-state index in [0.717, 1.165) is 32.1 Å². The van der Waals surface area contributed by atoms with Gasteiger partial charge in [-0.15, -0.1) is 0 Å². The molecule has 0 N–H and O–H groups in total. The van der Waals surface area contributed by atoms with Gasteiger partial charge in [-0.3, -0.25) is 9.36 Å². The molecule has 3 atom stereocenters. The minimum absolute atomic E-state index is 0.0423. The zero-order valence-electron chi connectivity index (χ0n) is 24.0. The van der Waals surface area contributed by atoms with E-state index in [0.29, 0.717) is 23.9 Å². The number of carbonyl (C=O) groups is 1. The quantitative estimate of drug-likeness (QED) is 0.157. The summed E-state index contributed by atoms with van der Waals surface area (Å²) in [5.41, 5.74) is 0. The van der Waals surface area contributed by atoms with Crippen molar-refractivity contribution in [1.82, 2.24) is 0 Å². The molecule has 0 saturated heterocycles. The fourth-order valence-electron chi connectivity index (χ4n) is 4.22. The molecule has 0 fully saturated rings. The first-order valence-electron chi connectivity index (χ1n) is 14.5. The molecule has 0 radical (unpaired) electrons. The third kappa shape index (κ3) is 21.6. The van der Waals surface area contributed by atoms with Crippen LogP contribution in [0.4, 0.5) is 0 Å². The number of rotatable bonds is 6. The molecule has 3 unspecified atom stereocenters. The Hall–Kier alpha value is -0.980. The number of esters is 1. The molecule has 7 nitrogen and oxygen atoms in total. The summed E-state index contributed by atoms with van der Waals surface area (Å²) < 4.78 is 29.0. The lowest BCUT2D eigenvalue weighted by Gasteiger charge is -2.30. The Morgan fingerprint density at radius 1 is 0.892 bits per heavy atom. The van der Waals surface area contributed by atoms with E-state index in [1.165, 1.54) is 51.4 Å². The van der Waals surface area contributed by atoms with Gasteiger partial charge in [0.15, 0.2) is 0 Å². The Kier molecular flexibility index (Phi) is 18.4. The Balaban J connectivity index is 2.65. The molecule has 1 heterocycles. The van der Waals surface area contributed by atoms with Crippen molar-refractivity contribution in [2.24, 2.45) is 0 Å². The van der Waals surface area contributed by atoms with Crippen molar-refractivity contribution < 1.29 is 32.5 Å². The van der Waals surface area contributed by atoms with Crippen molar-refractivity contribution in [2.75, 3.05) is 34.3 Å². The van der Waals surface area contributed by atoms with Gasteiger partial charge in [0.05, 0.1) is 33.7 Å². The Bertz CT molecular complexity index is 703. The van der Waals surface area contributed by atoms with E-state index >= 15 is 0 Å². The number of ether oxygens (including phenoxy) is 1. The topological polar surface area (TPSA) is 84.9 Å². The Morgan fingerprint density at radius 2 is 1.43 bits per heavy atom. The van der Waals surface area contributed by atoms with E-state index < -0.39 is 19.9 Å². The molecule has 0 aromatic rings. The molecule has 1 aliphatic heterocycles. The van der Waals surface area contributed by atoms with Crippen molar-refractivity contribution in [1.29, 1.82) is 0 Å². The van der Waals surface area contributed by atoms with E-state index in [1.807, 2.05) is 34.1 Å². The Labute approximate surface area is 226 Å². The molecule has 0 aromatic carbocycles. The lowest BCUT2D eigenvalue weighted by atomic mass is 10.0. The zero-order valence-corrected chi connectivity index (χ0v) is 24.9. The van der Waals surface area contributed by atoms with E-state index in [9.17, 15) is 14.3 Å². The van der Waals surface area contributed by atoms with Gasteiger partial charge in [-0.05, 0) is 39.0 Å². The number of phosphoric acid groups is 1. The number of hydrogen-bond donors (Lipinski definition) is 0. The highest BCUT2D eigenvalue weighted by Crippen LogP contribution is 2.41. The predicted octanol–water partition coefficient (Wildman–Crippen LogP) is 6.86. The Morgan fingerprint density at radius 3 is 2.05 bits per heavy atom. The molecular weight excluding hydrogens is 489 g/mol. The van der Waals surface area contributed by atoms with Crippen LogP contribution in [0.25, 0.3) is 0 Å². The highest BCUT2D eigenvalue weighted by molar-refractivity contribution is 7.45. The second kappa shape index (κ2) is 20.0. The molecule has 0 aliphatic carbocycles. The molecule has 37 heavy (non-hydrogen) atoms. The molecule has 8 heteroatoms. The zero-order chi connectivity index (χ0) is 27.4. The summed E-state index contributed by atoms with van der Waals surface area (Å²) in [6.07, 6.45) is 23.7. The van der Waals surface area contributed by atoms with Crippen LogP contribution >= 0.6 is 7.82 Å². The first-order valence-corrected chi connectivity index (χ1v) is 16.0.